The van der Waals surface area contributed by atoms with E-state index in [-0.39, 0.29) is 5.91 Å². The number of imidazole rings is 1. The normalized spacial score (nSPS) is 10.9. The topological polar surface area (TPSA) is 78.0 Å². The fourth-order valence-corrected chi connectivity index (χ4v) is 3.12. The molecule has 0 aliphatic heterocycles. The number of amides is 1. The van der Waals surface area contributed by atoms with Crippen molar-refractivity contribution in [1.82, 2.24) is 9.38 Å². The molecule has 0 unspecified atom stereocenters. The molecule has 0 saturated heterocycles. The second-order valence-electron chi connectivity index (χ2n) is 6.71. The molecule has 0 radical (unpaired) electrons. The molecule has 1 N–H and O–H groups in total. The number of fused-ring (bicyclic) bond motifs is 1. The minimum Gasteiger partial charge on any atom is -0.497 e. The summed E-state index contributed by atoms with van der Waals surface area (Å²) in [6.07, 6.45) is 1.92. The van der Waals surface area contributed by atoms with E-state index in [4.69, 9.17) is 13.9 Å². The van der Waals surface area contributed by atoms with Gasteiger partial charge in [-0.15, -0.1) is 0 Å². The van der Waals surface area contributed by atoms with Crippen LogP contribution in [0.4, 0.5) is 5.82 Å². The lowest BCUT2D eigenvalue weighted by molar-refractivity contribution is 0.102. The van der Waals surface area contributed by atoms with Crippen molar-refractivity contribution in [3.63, 3.8) is 0 Å². The molecular weight excluding hydrogens is 370 g/mol. The lowest BCUT2D eigenvalue weighted by atomic mass is 10.2. The summed E-state index contributed by atoms with van der Waals surface area (Å²) >= 11 is 0. The second-order valence-corrected chi connectivity index (χ2v) is 6.71. The summed E-state index contributed by atoms with van der Waals surface area (Å²) in [6, 6.07) is 12.6. The number of pyridine rings is 1. The van der Waals surface area contributed by atoms with Gasteiger partial charge in [-0.05, 0) is 49.7 Å². The Morgan fingerprint density at radius 3 is 2.38 bits per heavy atom. The Balaban J connectivity index is 1.81. The van der Waals surface area contributed by atoms with Crippen LogP contribution in [-0.4, -0.2) is 29.5 Å². The number of rotatable bonds is 5. The molecule has 4 aromatic rings. The van der Waals surface area contributed by atoms with Crippen molar-refractivity contribution in [2.24, 2.45) is 0 Å². The number of furan rings is 1. The smallest absolute Gasteiger partial charge is 0.257 e. The van der Waals surface area contributed by atoms with Crippen LogP contribution in [0.25, 0.3) is 17.1 Å². The van der Waals surface area contributed by atoms with Gasteiger partial charge >= 0.3 is 0 Å². The van der Waals surface area contributed by atoms with Gasteiger partial charge in [-0.3, -0.25) is 9.20 Å². The first-order valence-corrected chi connectivity index (χ1v) is 9.08. The van der Waals surface area contributed by atoms with Crippen LogP contribution in [0.15, 0.2) is 53.1 Å². The molecule has 0 bridgehead atoms. The number of carbonyl (C=O) groups is 1. The second kappa shape index (κ2) is 7.35. The zero-order chi connectivity index (χ0) is 20.5. The van der Waals surface area contributed by atoms with Crippen molar-refractivity contribution in [3.05, 3.63) is 65.5 Å². The van der Waals surface area contributed by atoms with Gasteiger partial charge in [0, 0.05) is 17.8 Å². The molecule has 0 atom stereocenters. The van der Waals surface area contributed by atoms with Crippen LogP contribution in [0.3, 0.4) is 0 Å². The molecule has 0 aliphatic rings. The lowest BCUT2D eigenvalue weighted by Gasteiger charge is -2.10. The van der Waals surface area contributed by atoms with Crippen molar-refractivity contribution < 1.29 is 18.7 Å². The van der Waals surface area contributed by atoms with E-state index in [2.05, 4.69) is 10.3 Å². The summed E-state index contributed by atoms with van der Waals surface area (Å²) in [5.41, 5.74) is 2.71. The van der Waals surface area contributed by atoms with Gasteiger partial charge in [0.2, 0.25) is 0 Å². The van der Waals surface area contributed by atoms with Crippen molar-refractivity contribution in [2.45, 2.75) is 13.8 Å². The van der Waals surface area contributed by atoms with Gasteiger partial charge in [-0.2, -0.15) is 0 Å². The number of benzene rings is 1. The van der Waals surface area contributed by atoms with Gasteiger partial charge in [0.15, 0.2) is 5.76 Å². The number of carbonyl (C=O) groups excluding carboxylic acids is 1. The maximum atomic E-state index is 13.1. The highest BCUT2D eigenvalue weighted by Gasteiger charge is 2.20. The number of aromatic nitrogens is 2. The summed E-state index contributed by atoms with van der Waals surface area (Å²) < 4.78 is 18.2. The summed E-state index contributed by atoms with van der Waals surface area (Å²) in [7, 11) is 3.09. The Morgan fingerprint density at radius 1 is 1.03 bits per heavy atom. The van der Waals surface area contributed by atoms with E-state index >= 15 is 0 Å². The number of nitrogens with zero attached hydrogens (tertiary/aromatic N) is 2. The van der Waals surface area contributed by atoms with Gasteiger partial charge in [-0.1, -0.05) is 6.07 Å². The molecule has 1 amide bonds. The van der Waals surface area contributed by atoms with E-state index in [1.807, 2.05) is 48.7 Å². The number of anilines is 1. The number of hydrogen-bond donors (Lipinski definition) is 1. The van der Waals surface area contributed by atoms with Gasteiger partial charge in [0.05, 0.1) is 14.2 Å². The first-order chi connectivity index (χ1) is 14.0. The average molecular weight is 391 g/mol. The maximum absolute atomic E-state index is 13.1. The monoisotopic (exact) mass is 391 g/mol. The number of nitrogens with one attached hydrogen (secondary N) is 1. The largest absolute Gasteiger partial charge is 0.497 e. The molecule has 7 nitrogen and oxygen atoms in total. The van der Waals surface area contributed by atoms with Crippen LogP contribution in [0, 0.1) is 13.8 Å². The Morgan fingerprint density at radius 2 is 1.76 bits per heavy atom. The average Bonchev–Trinajstić information content (AvgIpc) is 3.31. The van der Waals surface area contributed by atoms with Crippen molar-refractivity contribution in [3.8, 4) is 23.0 Å². The number of ether oxygens (including phenoxy) is 2. The van der Waals surface area contributed by atoms with Gasteiger partial charge in [0.25, 0.3) is 5.91 Å². The molecule has 0 fully saturated rings. The number of aryl methyl sites for hydroxylation is 2. The standard InChI is InChI=1S/C22H21N3O4/c1-13-5-8-19-23-20(18-7-6-14(2)29-18)21(25(19)12-13)24-22(26)15-9-16(27-3)11-17(10-15)28-4/h5-12H,1-4H3,(H,24,26). The third-order valence-corrected chi connectivity index (χ3v) is 4.59. The van der Waals surface area contributed by atoms with E-state index in [1.54, 1.807) is 32.4 Å². The molecule has 7 heteroatoms. The van der Waals surface area contributed by atoms with E-state index in [0.29, 0.717) is 40.0 Å². The lowest BCUT2D eigenvalue weighted by Crippen LogP contribution is -2.14. The molecule has 0 aliphatic carbocycles. The van der Waals surface area contributed by atoms with E-state index < -0.39 is 0 Å². The highest BCUT2D eigenvalue weighted by Crippen LogP contribution is 2.31. The van der Waals surface area contributed by atoms with Gasteiger partial charge < -0.3 is 19.2 Å². The first kappa shape index (κ1) is 18.6. The van der Waals surface area contributed by atoms with Crippen LogP contribution in [-0.2, 0) is 0 Å². The molecule has 3 heterocycles. The Bertz CT molecular complexity index is 1180. The van der Waals surface area contributed by atoms with E-state index in [1.165, 1.54) is 0 Å². The number of methoxy groups -OCH3 is 2. The number of hydrogen-bond acceptors (Lipinski definition) is 5. The van der Waals surface area contributed by atoms with Crippen LogP contribution >= 0.6 is 0 Å². The van der Waals surface area contributed by atoms with E-state index in [9.17, 15) is 4.79 Å². The molecule has 4 rings (SSSR count). The predicted octanol–water partition coefficient (Wildman–Crippen LogP) is 4.48. The summed E-state index contributed by atoms with van der Waals surface area (Å²) in [5.74, 6) is 2.64. The Kier molecular flexibility index (Phi) is 4.72. The molecule has 29 heavy (non-hydrogen) atoms. The minimum absolute atomic E-state index is 0.310. The third-order valence-electron chi connectivity index (χ3n) is 4.59. The van der Waals surface area contributed by atoms with E-state index in [0.717, 1.165) is 11.3 Å². The fourth-order valence-electron chi connectivity index (χ4n) is 3.12. The zero-order valence-corrected chi connectivity index (χ0v) is 16.6. The first-order valence-electron chi connectivity index (χ1n) is 9.08. The van der Waals surface area contributed by atoms with Crippen LogP contribution in [0.2, 0.25) is 0 Å². The van der Waals surface area contributed by atoms with Gasteiger partial charge in [-0.25, -0.2) is 4.98 Å². The third kappa shape index (κ3) is 3.54. The Labute approximate surface area is 167 Å². The van der Waals surface area contributed by atoms with Crippen molar-refractivity contribution in [2.75, 3.05) is 19.5 Å². The fraction of sp³-hybridized carbons (Fsp3) is 0.182. The molecule has 3 aromatic heterocycles. The van der Waals surface area contributed by atoms with Gasteiger partial charge in [0.1, 0.15) is 34.4 Å². The predicted molar refractivity (Wildman–Crippen MR) is 110 cm³/mol. The summed E-state index contributed by atoms with van der Waals surface area (Å²) in [4.78, 5) is 17.7. The molecule has 0 saturated carbocycles. The summed E-state index contributed by atoms with van der Waals surface area (Å²) in [6.45, 7) is 3.85. The zero-order valence-electron chi connectivity index (χ0n) is 16.6. The maximum Gasteiger partial charge on any atom is 0.257 e. The quantitative estimate of drug-likeness (QED) is 0.543. The van der Waals surface area contributed by atoms with Crippen molar-refractivity contribution >= 4 is 17.4 Å². The molecule has 0 spiro atoms. The highest BCUT2D eigenvalue weighted by molar-refractivity contribution is 6.06. The van der Waals surface area contributed by atoms with Crippen LogP contribution in [0.5, 0.6) is 11.5 Å². The van der Waals surface area contributed by atoms with Crippen LogP contribution in [0.1, 0.15) is 21.7 Å². The molecular formula is C22H21N3O4. The Hall–Kier alpha value is -3.74. The highest BCUT2D eigenvalue weighted by atomic mass is 16.5. The summed E-state index contributed by atoms with van der Waals surface area (Å²) in [5, 5.41) is 2.98. The SMILES string of the molecule is COc1cc(OC)cc(C(=O)Nc2c(-c3ccc(C)o3)nc3ccc(C)cn23)c1. The molecule has 148 valence electrons. The van der Waals surface area contributed by atoms with Crippen molar-refractivity contribution in [1.29, 1.82) is 0 Å². The van der Waals surface area contributed by atoms with Crippen LogP contribution < -0.4 is 14.8 Å². The minimum atomic E-state index is -0.310. The molecule has 1 aromatic carbocycles.